The fourth-order valence-electron chi connectivity index (χ4n) is 1.74. The largest absolute Gasteiger partial charge is 0.396 e. The summed E-state index contributed by atoms with van der Waals surface area (Å²) in [6, 6.07) is 1.75. The highest BCUT2D eigenvalue weighted by atomic mass is 19.1. The van der Waals surface area contributed by atoms with Crippen LogP contribution < -0.4 is 5.73 Å². The lowest BCUT2D eigenvalue weighted by Crippen LogP contribution is -2.29. The van der Waals surface area contributed by atoms with Gasteiger partial charge in [0.2, 0.25) is 0 Å². The third-order valence-corrected chi connectivity index (χ3v) is 2.87. The molecular formula is C12H14F2N2O. The molecule has 3 nitrogen and oxygen atoms in total. The van der Waals surface area contributed by atoms with Gasteiger partial charge in [0.15, 0.2) is 5.82 Å². The van der Waals surface area contributed by atoms with E-state index in [1.54, 1.807) is 7.05 Å². The molecule has 0 unspecified atom stereocenters. The van der Waals surface area contributed by atoms with E-state index >= 15 is 0 Å². The molecule has 0 radical (unpaired) electrons. The van der Waals surface area contributed by atoms with Crippen LogP contribution in [0.15, 0.2) is 12.1 Å². The lowest BCUT2D eigenvalue weighted by molar-refractivity contribution is 0.0783. The van der Waals surface area contributed by atoms with Crippen molar-refractivity contribution in [3.05, 3.63) is 29.3 Å². The monoisotopic (exact) mass is 240 g/mol. The van der Waals surface area contributed by atoms with Gasteiger partial charge in [-0.15, -0.1) is 0 Å². The van der Waals surface area contributed by atoms with Gasteiger partial charge in [0.25, 0.3) is 5.91 Å². The molecule has 0 atom stereocenters. The maximum absolute atomic E-state index is 13.6. The number of carbonyl (C=O) groups is 1. The predicted molar refractivity (Wildman–Crippen MR) is 60.5 cm³/mol. The molecule has 2 N–H and O–H groups in total. The molecule has 1 saturated carbocycles. The van der Waals surface area contributed by atoms with Crippen molar-refractivity contribution < 1.29 is 13.6 Å². The van der Waals surface area contributed by atoms with Crippen LogP contribution in [0.3, 0.4) is 0 Å². The summed E-state index contributed by atoms with van der Waals surface area (Å²) in [4.78, 5) is 13.3. The average Bonchev–Trinajstić information content (AvgIpc) is 3.06. The number of benzene rings is 1. The van der Waals surface area contributed by atoms with E-state index in [1.165, 1.54) is 4.90 Å². The van der Waals surface area contributed by atoms with Crippen molar-refractivity contribution in [3.8, 4) is 0 Å². The van der Waals surface area contributed by atoms with Crippen LogP contribution in [-0.4, -0.2) is 24.4 Å². The lowest BCUT2D eigenvalue weighted by atomic mass is 10.1. The number of carbonyl (C=O) groups excluding carboxylic acids is 1. The molecule has 1 aromatic carbocycles. The first kappa shape index (κ1) is 11.8. The number of nitrogen functional groups attached to an aromatic ring is 1. The summed E-state index contributed by atoms with van der Waals surface area (Å²) in [7, 11) is 1.58. The van der Waals surface area contributed by atoms with Crippen molar-refractivity contribution in [3.63, 3.8) is 0 Å². The molecule has 17 heavy (non-hydrogen) atoms. The van der Waals surface area contributed by atoms with Crippen LogP contribution in [0.1, 0.15) is 23.2 Å². The molecule has 1 aromatic rings. The Morgan fingerprint density at radius 2 is 2.12 bits per heavy atom. The maximum Gasteiger partial charge on any atom is 0.256 e. The van der Waals surface area contributed by atoms with Crippen molar-refractivity contribution in [2.24, 2.45) is 5.92 Å². The fourth-order valence-corrected chi connectivity index (χ4v) is 1.74. The molecule has 0 saturated heterocycles. The van der Waals surface area contributed by atoms with E-state index < -0.39 is 17.5 Å². The Labute approximate surface area is 98.2 Å². The number of halogens is 2. The van der Waals surface area contributed by atoms with Crippen molar-refractivity contribution in [2.45, 2.75) is 12.8 Å². The second kappa shape index (κ2) is 4.31. The molecule has 0 heterocycles. The van der Waals surface area contributed by atoms with Gasteiger partial charge in [0, 0.05) is 13.6 Å². The minimum Gasteiger partial charge on any atom is -0.396 e. The minimum atomic E-state index is -0.848. The molecule has 0 aromatic heterocycles. The molecule has 92 valence electrons. The van der Waals surface area contributed by atoms with Crippen LogP contribution in [0.25, 0.3) is 0 Å². The Hall–Kier alpha value is -1.65. The summed E-state index contributed by atoms with van der Waals surface area (Å²) in [5.41, 5.74) is 4.65. The van der Waals surface area contributed by atoms with Crippen LogP contribution in [0.2, 0.25) is 0 Å². The Balaban J connectivity index is 2.22. The van der Waals surface area contributed by atoms with Crippen molar-refractivity contribution in [1.29, 1.82) is 0 Å². The second-order valence-corrected chi connectivity index (χ2v) is 4.49. The zero-order chi connectivity index (χ0) is 12.6. The number of hydrogen-bond acceptors (Lipinski definition) is 2. The summed E-state index contributed by atoms with van der Waals surface area (Å²) >= 11 is 0. The van der Waals surface area contributed by atoms with E-state index in [0.717, 1.165) is 25.0 Å². The molecule has 0 aliphatic heterocycles. The van der Waals surface area contributed by atoms with Gasteiger partial charge in [0.1, 0.15) is 5.82 Å². The summed E-state index contributed by atoms with van der Waals surface area (Å²) in [6.07, 6.45) is 2.18. The van der Waals surface area contributed by atoms with E-state index in [2.05, 4.69) is 0 Å². The molecule has 0 spiro atoms. The highest BCUT2D eigenvalue weighted by Gasteiger charge is 2.27. The van der Waals surface area contributed by atoms with Gasteiger partial charge in [0.05, 0.1) is 11.3 Å². The SMILES string of the molecule is CN(CC1CC1)C(=O)c1cc(F)cc(N)c1F. The first-order chi connectivity index (χ1) is 7.99. The average molecular weight is 240 g/mol. The molecule has 1 aliphatic carbocycles. The maximum atomic E-state index is 13.6. The normalized spacial score (nSPS) is 14.8. The van der Waals surface area contributed by atoms with Gasteiger partial charge in [-0.1, -0.05) is 0 Å². The summed E-state index contributed by atoms with van der Waals surface area (Å²) in [6.45, 7) is 0.578. The number of nitrogens with two attached hydrogens (primary N) is 1. The number of hydrogen-bond donors (Lipinski definition) is 1. The zero-order valence-electron chi connectivity index (χ0n) is 9.54. The first-order valence-electron chi connectivity index (χ1n) is 5.49. The van der Waals surface area contributed by atoms with Crippen LogP contribution >= 0.6 is 0 Å². The van der Waals surface area contributed by atoms with Gasteiger partial charge >= 0.3 is 0 Å². The van der Waals surface area contributed by atoms with Crippen molar-refractivity contribution >= 4 is 11.6 Å². The Morgan fingerprint density at radius 3 is 2.71 bits per heavy atom. The standard InChI is InChI=1S/C12H14F2N2O/c1-16(6-7-2-3-7)12(17)9-4-8(13)5-10(15)11(9)14/h4-5,7H,2-3,6,15H2,1H3. The molecular weight excluding hydrogens is 226 g/mol. The molecule has 2 rings (SSSR count). The number of amides is 1. The predicted octanol–water partition coefficient (Wildman–Crippen LogP) is 2.03. The van der Waals surface area contributed by atoms with Crippen LogP contribution in [0.5, 0.6) is 0 Å². The van der Waals surface area contributed by atoms with Gasteiger partial charge in [-0.25, -0.2) is 8.78 Å². The van der Waals surface area contributed by atoms with Crippen LogP contribution in [0, 0.1) is 17.6 Å². The third kappa shape index (κ3) is 2.54. The van der Waals surface area contributed by atoms with Crippen molar-refractivity contribution in [2.75, 3.05) is 19.3 Å². The summed E-state index contributed by atoms with van der Waals surface area (Å²) < 4.78 is 26.7. The van der Waals surface area contributed by atoms with E-state index in [-0.39, 0.29) is 11.3 Å². The van der Waals surface area contributed by atoms with Gasteiger partial charge in [-0.05, 0) is 30.9 Å². The topological polar surface area (TPSA) is 46.3 Å². The highest BCUT2D eigenvalue weighted by molar-refractivity contribution is 5.95. The zero-order valence-corrected chi connectivity index (χ0v) is 9.54. The molecule has 1 fully saturated rings. The van der Waals surface area contributed by atoms with Gasteiger partial charge < -0.3 is 10.6 Å². The van der Waals surface area contributed by atoms with E-state index in [9.17, 15) is 13.6 Å². The highest BCUT2D eigenvalue weighted by Crippen LogP contribution is 2.30. The Kier molecular flexibility index (Phi) is 3.00. The van der Waals surface area contributed by atoms with E-state index in [0.29, 0.717) is 12.5 Å². The van der Waals surface area contributed by atoms with Crippen molar-refractivity contribution in [1.82, 2.24) is 4.90 Å². The molecule has 0 bridgehead atoms. The summed E-state index contributed by atoms with van der Waals surface area (Å²) in [5, 5.41) is 0. The van der Waals surface area contributed by atoms with E-state index in [4.69, 9.17) is 5.73 Å². The number of anilines is 1. The number of rotatable bonds is 3. The molecule has 1 aliphatic rings. The lowest BCUT2D eigenvalue weighted by Gasteiger charge is -2.17. The van der Waals surface area contributed by atoms with Crippen LogP contribution in [0.4, 0.5) is 14.5 Å². The molecule has 5 heteroatoms. The third-order valence-electron chi connectivity index (χ3n) is 2.87. The minimum absolute atomic E-state index is 0.300. The second-order valence-electron chi connectivity index (χ2n) is 4.49. The summed E-state index contributed by atoms with van der Waals surface area (Å²) in [5.74, 6) is -1.58. The Morgan fingerprint density at radius 1 is 1.47 bits per heavy atom. The molecule has 1 amide bonds. The van der Waals surface area contributed by atoms with E-state index in [1.807, 2.05) is 0 Å². The van der Waals surface area contributed by atoms with Gasteiger partial charge in [-0.2, -0.15) is 0 Å². The smallest absolute Gasteiger partial charge is 0.256 e. The fraction of sp³-hybridized carbons (Fsp3) is 0.417. The van der Waals surface area contributed by atoms with Gasteiger partial charge in [-0.3, -0.25) is 4.79 Å². The quantitative estimate of drug-likeness (QED) is 0.822. The number of nitrogens with zero attached hydrogens (tertiary/aromatic N) is 1. The first-order valence-corrected chi connectivity index (χ1v) is 5.49. The van der Waals surface area contributed by atoms with Crippen LogP contribution in [-0.2, 0) is 0 Å². The Bertz CT molecular complexity index is 458.